The molecule has 1 aromatic rings. The summed E-state index contributed by atoms with van der Waals surface area (Å²) in [6.45, 7) is 3.55. The lowest BCUT2D eigenvalue weighted by atomic mass is 9.68. The number of likely N-dealkylation sites (tertiary alicyclic amines) is 1. The lowest BCUT2D eigenvalue weighted by molar-refractivity contribution is 0.0642. The van der Waals surface area contributed by atoms with Gasteiger partial charge in [-0.05, 0) is 55.8 Å². The maximum atomic E-state index is 6.05. The van der Waals surface area contributed by atoms with Gasteiger partial charge < -0.3 is 5.73 Å². The summed E-state index contributed by atoms with van der Waals surface area (Å²) in [5.41, 5.74) is 8.99. The van der Waals surface area contributed by atoms with Gasteiger partial charge in [0.1, 0.15) is 0 Å². The molecule has 0 amide bonds. The molecule has 2 fully saturated rings. The molecule has 1 aliphatic carbocycles. The van der Waals surface area contributed by atoms with Gasteiger partial charge in [0.15, 0.2) is 0 Å². The van der Waals surface area contributed by atoms with Crippen molar-refractivity contribution in [1.29, 1.82) is 0 Å². The van der Waals surface area contributed by atoms with Crippen LogP contribution in [-0.2, 0) is 6.54 Å². The van der Waals surface area contributed by atoms with Crippen molar-refractivity contribution in [2.24, 2.45) is 5.41 Å². The Morgan fingerprint density at radius 3 is 2.32 bits per heavy atom. The average Bonchev–Trinajstić information content (AvgIpc) is 2.45. The van der Waals surface area contributed by atoms with E-state index >= 15 is 0 Å². The van der Waals surface area contributed by atoms with Crippen molar-refractivity contribution in [3.05, 3.63) is 29.8 Å². The van der Waals surface area contributed by atoms with Gasteiger partial charge in [0.25, 0.3) is 0 Å². The van der Waals surface area contributed by atoms with Crippen LogP contribution in [0, 0.1) is 5.41 Å². The number of nitrogen functional groups attached to an aromatic ring is 1. The first kappa shape index (κ1) is 13.0. The van der Waals surface area contributed by atoms with Crippen molar-refractivity contribution in [3.63, 3.8) is 0 Å². The van der Waals surface area contributed by atoms with E-state index in [0.29, 0.717) is 5.41 Å². The number of para-hydroxylation sites is 1. The second kappa shape index (κ2) is 5.54. The molecule has 1 saturated carbocycles. The molecule has 0 radical (unpaired) electrons. The Labute approximate surface area is 117 Å². The van der Waals surface area contributed by atoms with Gasteiger partial charge in [-0.1, -0.05) is 37.5 Å². The lowest BCUT2D eigenvalue weighted by Gasteiger charge is -2.44. The van der Waals surface area contributed by atoms with Gasteiger partial charge >= 0.3 is 0 Å². The van der Waals surface area contributed by atoms with E-state index in [-0.39, 0.29) is 0 Å². The fourth-order valence-electron chi connectivity index (χ4n) is 3.91. The number of piperidine rings is 1. The van der Waals surface area contributed by atoms with Crippen LogP contribution < -0.4 is 5.73 Å². The molecule has 1 saturated heterocycles. The van der Waals surface area contributed by atoms with Gasteiger partial charge in [0.05, 0.1) is 0 Å². The quantitative estimate of drug-likeness (QED) is 0.817. The highest BCUT2D eigenvalue weighted by Gasteiger charge is 2.35. The normalized spacial score (nSPS) is 23.6. The zero-order valence-corrected chi connectivity index (χ0v) is 11.9. The molecule has 2 heteroatoms. The molecule has 1 aromatic carbocycles. The Kier molecular flexibility index (Phi) is 3.79. The van der Waals surface area contributed by atoms with Crippen LogP contribution in [0.4, 0.5) is 5.69 Å². The zero-order chi connectivity index (χ0) is 13.1. The highest BCUT2D eigenvalue weighted by Crippen LogP contribution is 2.44. The summed E-state index contributed by atoms with van der Waals surface area (Å²) < 4.78 is 0. The fraction of sp³-hybridized carbons (Fsp3) is 0.647. The molecule has 104 valence electrons. The number of hydrogen-bond donors (Lipinski definition) is 1. The van der Waals surface area contributed by atoms with Crippen LogP contribution in [0.3, 0.4) is 0 Å². The van der Waals surface area contributed by atoms with E-state index in [0.717, 1.165) is 12.2 Å². The lowest BCUT2D eigenvalue weighted by Crippen LogP contribution is -2.40. The Bertz CT molecular complexity index is 411. The zero-order valence-electron chi connectivity index (χ0n) is 11.9. The third kappa shape index (κ3) is 2.94. The summed E-state index contributed by atoms with van der Waals surface area (Å²) in [6, 6.07) is 8.30. The molecule has 19 heavy (non-hydrogen) atoms. The van der Waals surface area contributed by atoms with Crippen molar-refractivity contribution in [2.75, 3.05) is 18.8 Å². The van der Waals surface area contributed by atoms with Crippen LogP contribution in [0.15, 0.2) is 24.3 Å². The van der Waals surface area contributed by atoms with Gasteiger partial charge in [-0.15, -0.1) is 0 Å². The third-order valence-electron chi connectivity index (χ3n) is 5.28. The summed E-state index contributed by atoms with van der Waals surface area (Å²) in [7, 11) is 0. The minimum Gasteiger partial charge on any atom is -0.398 e. The van der Waals surface area contributed by atoms with E-state index in [2.05, 4.69) is 17.0 Å². The number of benzene rings is 1. The maximum absolute atomic E-state index is 6.05. The number of anilines is 1. The van der Waals surface area contributed by atoms with Crippen LogP contribution >= 0.6 is 0 Å². The van der Waals surface area contributed by atoms with Crippen LogP contribution in [0.5, 0.6) is 0 Å². The van der Waals surface area contributed by atoms with Crippen LogP contribution in [0.1, 0.15) is 50.5 Å². The van der Waals surface area contributed by atoms with Gasteiger partial charge in [0, 0.05) is 12.2 Å². The molecular formula is C17H26N2. The van der Waals surface area contributed by atoms with Crippen molar-refractivity contribution >= 4 is 5.69 Å². The highest BCUT2D eigenvalue weighted by molar-refractivity contribution is 5.46. The van der Waals surface area contributed by atoms with Crippen LogP contribution in [0.25, 0.3) is 0 Å². The summed E-state index contributed by atoms with van der Waals surface area (Å²) in [6.07, 6.45) is 10.2. The van der Waals surface area contributed by atoms with Crippen LogP contribution in [0.2, 0.25) is 0 Å². The summed E-state index contributed by atoms with van der Waals surface area (Å²) in [4.78, 5) is 2.59. The summed E-state index contributed by atoms with van der Waals surface area (Å²) in [5.74, 6) is 0. The van der Waals surface area contributed by atoms with Crippen molar-refractivity contribution in [2.45, 2.75) is 51.5 Å². The van der Waals surface area contributed by atoms with Gasteiger partial charge in [0.2, 0.25) is 0 Å². The molecule has 0 bridgehead atoms. The molecule has 2 N–H and O–H groups in total. The topological polar surface area (TPSA) is 29.3 Å². The Hall–Kier alpha value is -1.02. The van der Waals surface area contributed by atoms with E-state index < -0.39 is 0 Å². The highest BCUT2D eigenvalue weighted by atomic mass is 15.1. The first-order valence-electron chi connectivity index (χ1n) is 7.83. The molecule has 2 nitrogen and oxygen atoms in total. The van der Waals surface area contributed by atoms with Crippen molar-refractivity contribution in [3.8, 4) is 0 Å². The standard InChI is InChI=1S/C17H26N2/c18-16-7-3-2-6-15(16)14-19-12-10-17(11-13-19)8-4-1-5-9-17/h2-3,6-7H,1,4-5,8-14,18H2. The minimum absolute atomic E-state index is 0.705. The predicted molar refractivity (Wildman–Crippen MR) is 80.9 cm³/mol. The number of hydrogen-bond acceptors (Lipinski definition) is 2. The Morgan fingerprint density at radius 1 is 0.947 bits per heavy atom. The van der Waals surface area contributed by atoms with E-state index in [1.165, 1.54) is 63.6 Å². The molecule has 0 unspecified atom stereocenters. The minimum atomic E-state index is 0.705. The summed E-state index contributed by atoms with van der Waals surface area (Å²) in [5, 5.41) is 0. The molecule has 3 rings (SSSR count). The predicted octanol–water partition coefficient (Wildman–Crippen LogP) is 3.82. The SMILES string of the molecule is Nc1ccccc1CN1CCC2(CCCCC2)CC1. The molecule has 1 heterocycles. The molecule has 1 spiro atoms. The second-order valence-corrected chi connectivity index (χ2v) is 6.54. The number of nitrogens with two attached hydrogens (primary N) is 1. The summed E-state index contributed by atoms with van der Waals surface area (Å²) >= 11 is 0. The Balaban J connectivity index is 1.57. The second-order valence-electron chi connectivity index (χ2n) is 6.54. The smallest absolute Gasteiger partial charge is 0.0359 e. The van der Waals surface area contributed by atoms with E-state index in [1.54, 1.807) is 0 Å². The molecule has 0 aromatic heterocycles. The van der Waals surface area contributed by atoms with Gasteiger partial charge in [-0.25, -0.2) is 0 Å². The molecular weight excluding hydrogens is 232 g/mol. The van der Waals surface area contributed by atoms with Crippen molar-refractivity contribution in [1.82, 2.24) is 4.90 Å². The number of rotatable bonds is 2. The first-order valence-corrected chi connectivity index (χ1v) is 7.83. The van der Waals surface area contributed by atoms with Gasteiger partial charge in [-0.3, -0.25) is 4.90 Å². The molecule has 1 aliphatic heterocycles. The van der Waals surface area contributed by atoms with Gasteiger partial charge in [-0.2, -0.15) is 0 Å². The molecule has 2 aliphatic rings. The fourth-order valence-corrected chi connectivity index (χ4v) is 3.91. The first-order chi connectivity index (χ1) is 9.27. The monoisotopic (exact) mass is 258 g/mol. The van der Waals surface area contributed by atoms with E-state index in [1.807, 2.05) is 12.1 Å². The van der Waals surface area contributed by atoms with E-state index in [9.17, 15) is 0 Å². The number of nitrogens with zero attached hydrogens (tertiary/aromatic N) is 1. The van der Waals surface area contributed by atoms with Crippen LogP contribution in [-0.4, -0.2) is 18.0 Å². The maximum Gasteiger partial charge on any atom is 0.0359 e. The third-order valence-corrected chi connectivity index (χ3v) is 5.28. The Morgan fingerprint density at radius 2 is 1.63 bits per heavy atom. The van der Waals surface area contributed by atoms with E-state index in [4.69, 9.17) is 5.73 Å². The largest absolute Gasteiger partial charge is 0.398 e. The van der Waals surface area contributed by atoms with Crippen molar-refractivity contribution < 1.29 is 0 Å². The average molecular weight is 258 g/mol. The molecule has 0 atom stereocenters.